The van der Waals surface area contributed by atoms with Crippen molar-refractivity contribution in [2.75, 3.05) is 33.3 Å². The van der Waals surface area contributed by atoms with E-state index in [2.05, 4.69) is 5.32 Å². The molecule has 1 aromatic carbocycles. The quantitative estimate of drug-likeness (QED) is 0.806. The van der Waals surface area contributed by atoms with Crippen molar-refractivity contribution in [3.05, 3.63) is 35.9 Å². The number of nitrogens with one attached hydrogen (secondary N) is 1. The fourth-order valence-corrected chi connectivity index (χ4v) is 2.21. The summed E-state index contributed by atoms with van der Waals surface area (Å²) in [6, 6.07) is 9.03. The van der Waals surface area contributed by atoms with E-state index in [1.807, 2.05) is 6.07 Å². The normalized spacial score (nSPS) is 15.3. The van der Waals surface area contributed by atoms with Crippen molar-refractivity contribution < 1.29 is 18.3 Å². The lowest BCUT2D eigenvalue weighted by atomic mass is 9.90. The Labute approximate surface area is 117 Å². The SMILES string of the molecule is CCN(CC(F)(F)F)CC(CO)(NC)c1ccccc1. The van der Waals surface area contributed by atoms with Crippen LogP contribution in [0.25, 0.3) is 0 Å². The molecular formula is C14H21F3N2O. The Kier molecular flexibility index (Phi) is 5.98. The molecule has 0 saturated heterocycles. The molecular weight excluding hydrogens is 269 g/mol. The van der Waals surface area contributed by atoms with Crippen molar-refractivity contribution in [2.45, 2.75) is 18.6 Å². The van der Waals surface area contributed by atoms with Crippen LogP contribution < -0.4 is 5.32 Å². The molecule has 0 aromatic heterocycles. The van der Waals surface area contributed by atoms with Gasteiger partial charge in [-0.2, -0.15) is 13.2 Å². The molecule has 2 N–H and O–H groups in total. The van der Waals surface area contributed by atoms with E-state index in [-0.39, 0.29) is 19.7 Å². The summed E-state index contributed by atoms with van der Waals surface area (Å²) in [5.41, 5.74) is -0.131. The summed E-state index contributed by atoms with van der Waals surface area (Å²) < 4.78 is 37.7. The first-order valence-electron chi connectivity index (χ1n) is 6.51. The number of alkyl halides is 3. The second-order valence-corrected chi connectivity index (χ2v) is 4.77. The van der Waals surface area contributed by atoms with Crippen LogP contribution in [0.5, 0.6) is 0 Å². The number of likely N-dealkylation sites (N-methyl/N-ethyl adjacent to an activating group) is 2. The lowest BCUT2D eigenvalue weighted by Gasteiger charge is -2.37. The van der Waals surface area contributed by atoms with Gasteiger partial charge in [-0.1, -0.05) is 37.3 Å². The molecule has 114 valence electrons. The third-order valence-electron chi connectivity index (χ3n) is 3.42. The Bertz CT molecular complexity index is 391. The molecule has 0 amide bonds. The Balaban J connectivity index is 2.96. The van der Waals surface area contributed by atoms with Gasteiger partial charge in [0, 0.05) is 6.54 Å². The number of benzene rings is 1. The molecule has 1 rings (SSSR count). The van der Waals surface area contributed by atoms with Crippen molar-refractivity contribution in [1.82, 2.24) is 10.2 Å². The van der Waals surface area contributed by atoms with Crippen LogP contribution in [-0.4, -0.2) is 49.5 Å². The lowest BCUT2D eigenvalue weighted by molar-refractivity contribution is -0.148. The number of aliphatic hydroxyl groups is 1. The van der Waals surface area contributed by atoms with Crippen LogP contribution in [-0.2, 0) is 5.54 Å². The second-order valence-electron chi connectivity index (χ2n) is 4.77. The fourth-order valence-electron chi connectivity index (χ4n) is 2.21. The molecule has 0 radical (unpaired) electrons. The van der Waals surface area contributed by atoms with Gasteiger partial charge in [0.2, 0.25) is 0 Å². The summed E-state index contributed by atoms with van der Waals surface area (Å²) in [5.74, 6) is 0. The monoisotopic (exact) mass is 290 g/mol. The lowest BCUT2D eigenvalue weighted by Crippen LogP contribution is -2.53. The fraction of sp³-hybridized carbons (Fsp3) is 0.571. The minimum absolute atomic E-state index is 0.0834. The van der Waals surface area contributed by atoms with E-state index in [9.17, 15) is 18.3 Å². The summed E-state index contributed by atoms with van der Waals surface area (Å²) in [6.45, 7) is 0.756. The highest BCUT2D eigenvalue weighted by atomic mass is 19.4. The topological polar surface area (TPSA) is 35.5 Å². The Morgan fingerprint density at radius 3 is 2.15 bits per heavy atom. The molecule has 3 nitrogen and oxygen atoms in total. The Morgan fingerprint density at radius 1 is 1.15 bits per heavy atom. The van der Waals surface area contributed by atoms with Gasteiger partial charge in [-0.25, -0.2) is 0 Å². The van der Waals surface area contributed by atoms with Gasteiger partial charge in [0.05, 0.1) is 18.7 Å². The molecule has 6 heteroatoms. The summed E-state index contributed by atoms with van der Waals surface area (Å²) in [4.78, 5) is 1.28. The summed E-state index contributed by atoms with van der Waals surface area (Å²) in [7, 11) is 1.64. The number of hydrogen-bond acceptors (Lipinski definition) is 3. The zero-order valence-corrected chi connectivity index (χ0v) is 11.7. The van der Waals surface area contributed by atoms with E-state index in [4.69, 9.17) is 0 Å². The van der Waals surface area contributed by atoms with Gasteiger partial charge in [0.1, 0.15) is 0 Å². The van der Waals surface area contributed by atoms with Crippen LogP contribution in [0.2, 0.25) is 0 Å². The van der Waals surface area contributed by atoms with Gasteiger partial charge in [0.25, 0.3) is 0 Å². The highest BCUT2D eigenvalue weighted by molar-refractivity contribution is 5.25. The molecule has 0 saturated carbocycles. The first-order valence-corrected chi connectivity index (χ1v) is 6.51. The molecule has 20 heavy (non-hydrogen) atoms. The second kappa shape index (κ2) is 7.06. The first kappa shape index (κ1) is 16.9. The average molecular weight is 290 g/mol. The van der Waals surface area contributed by atoms with Crippen molar-refractivity contribution in [3.63, 3.8) is 0 Å². The van der Waals surface area contributed by atoms with Gasteiger partial charge < -0.3 is 10.4 Å². The summed E-state index contributed by atoms with van der Waals surface area (Å²) in [5, 5.41) is 12.7. The van der Waals surface area contributed by atoms with Crippen molar-refractivity contribution in [2.24, 2.45) is 0 Å². The summed E-state index contributed by atoms with van der Waals surface area (Å²) >= 11 is 0. The maximum Gasteiger partial charge on any atom is 0.401 e. The van der Waals surface area contributed by atoms with E-state index in [0.29, 0.717) is 0 Å². The molecule has 0 aliphatic rings. The van der Waals surface area contributed by atoms with Crippen LogP contribution in [0, 0.1) is 0 Å². The van der Waals surface area contributed by atoms with Gasteiger partial charge in [-0.05, 0) is 19.2 Å². The molecule has 0 fully saturated rings. The molecule has 1 aromatic rings. The molecule has 0 heterocycles. The molecule has 1 unspecified atom stereocenters. The minimum Gasteiger partial charge on any atom is -0.394 e. The van der Waals surface area contributed by atoms with E-state index in [1.54, 1.807) is 38.2 Å². The zero-order valence-electron chi connectivity index (χ0n) is 11.7. The maximum atomic E-state index is 12.6. The molecule has 0 aliphatic heterocycles. The molecule has 0 aliphatic carbocycles. The maximum absolute atomic E-state index is 12.6. The van der Waals surface area contributed by atoms with E-state index in [0.717, 1.165) is 5.56 Å². The zero-order chi connectivity index (χ0) is 15.2. The molecule has 1 atom stereocenters. The number of nitrogens with zero attached hydrogens (tertiary/aromatic N) is 1. The van der Waals surface area contributed by atoms with Gasteiger partial charge in [-0.15, -0.1) is 0 Å². The average Bonchev–Trinajstić information content (AvgIpc) is 2.43. The smallest absolute Gasteiger partial charge is 0.394 e. The number of aliphatic hydroxyl groups excluding tert-OH is 1. The van der Waals surface area contributed by atoms with Crippen molar-refractivity contribution in [3.8, 4) is 0 Å². The minimum atomic E-state index is -4.25. The largest absolute Gasteiger partial charge is 0.401 e. The van der Waals surface area contributed by atoms with Crippen LogP contribution in [0.15, 0.2) is 30.3 Å². The molecule has 0 bridgehead atoms. The van der Waals surface area contributed by atoms with E-state index < -0.39 is 18.3 Å². The number of rotatable bonds is 7. The van der Waals surface area contributed by atoms with Crippen molar-refractivity contribution >= 4 is 0 Å². The van der Waals surface area contributed by atoms with Crippen LogP contribution in [0.3, 0.4) is 0 Å². The predicted molar refractivity (Wildman–Crippen MR) is 72.4 cm³/mol. The number of halogens is 3. The predicted octanol–water partition coefficient (Wildman–Crippen LogP) is 1.98. The highest BCUT2D eigenvalue weighted by Gasteiger charge is 2.36. The van der Waals surface area contributed by atoms with Gasteiger partial charge >= 0.3 is 6.18 Å². The van der Waals surface area contributed by atoms with E-state index in [1.165, 1.54) is 4.90 Å². The van der Waals surface area contributed by atoms with Crippen LogP contribution in [0.1, 0.15) is 12.5 Å². The Morgan fingerprint density at radius 2 is 1.75 bits per heavy atom. The standard InChI is InChI=1S/C14H21F3N2O/c1-3-19(10-14(15,16)17)9-13(11-20,18-2)12-7-5-4-6-8-12/h4-8,18,20H,3,9-11H2,1-2H3. The third-order valence-corrected chi connectivity index (χ3v) is 3.42. The highest BCUT2D eigenvalue weighted by Crippen LogP contribution is 2.24. The Hall–Kier alpha value is -1.11. The van der Waals surface area contributed by atoms with Gasteiger partial charge in [0.15, 0.2) is 0 Å². The van der Waals surface area contributed by atoms with Crippen molar-refractivity contribution in [1.29, 1.82) is 0 Å². The number of hydrogen-bond donors (Lipinski definition) is 2. The first-order chi connectivity index (χ1) is 9.37. The van der Waals surface area contributed by atoms with Crippen LogP contribution in [0.4, 0.5) is 13.2 Å². The summed E-state index contributed by atoms with van der Waals surface area (Å²) in [6.07, 6.45) is -4.25. The molecule has 0 spiro atoms. The third kappa shape index (κ3) is 4.47. The van der Waals surface area contributed by atoms with E-state index >= 15 is 0 Å². The van der Waals surface area contributed by atoms with Crippen LogP contribution >= 0.6 is 0 Å². The van der Waals surface area contributed by atoms with Gasteiger partial charge in [-0.3, -0.25) is 4.90 Å².